The van der Waals surface area contributed by atoms with Crippen LogP contribution in [0.4, 0.5) is 0 Å². The van der Waals surface area contributed by atoms with Gasteiger partial charge in [-0.2, -0.15) is 11.8 Å². The predicted octanol–water partition coefficient (Wildman–Crippen LogP) is 5.65. The number of nitrogens with zero attached hydrogens (tertiary/aromatic N) is 1. The topological polar surface area (TPSA) is 23.5 Å². The highest BCUT2D eigenvalue weighted by molar-refractivity contribution is 7.99. The Morgan fingerprint density at radius 2 is 2.03 bits per heavy atom. The van der Waals surface area contributed by atoms with E-state index in [4.69, 9.17) is 0 Å². The van der Waals surface area contributed by atoms with Crippen LogP contribution in [0.5, 0.6) is 0 Å². The molecule has 1 saturated heterocycles. The molecule has 0 bridgehead atoms. The maximum absolute atomic E-state index is 10.6. The Kier molecular flexibility index (Phi) is 8.14. The maximum Gasteiger partial charge on any atom is 0.0611 e. The van der Waals surface area contributed by atoms with Crippen molar-refractivity contribution in [2.24, 2.45) is 17.8 Å². The number of aliphatic hydroxyl groups excluding tert-OH is 1. The van der Waals surface area contributed by atoms with Gasteiger partial charge in [-0.3, -0.25) is 0 Å². The summed E-state index contributed by atoms with van der Waals surface area (Å²) in [4.78, 5) is 2.61. The number of aliphatic hydroxyl groups is 1. The smallest absolute Gasteiger partial charge is 0.0611 e. The molecule has 0 aromatic heterocycles. The van der Waals surface area contributed by atoms with Gasteiger partial charge >= 0.3 is 0 Å². The number of benzene rings is 1. The molecule has 1 aromatic carbocycles. The molecule has 0 unspecified atom stereocenters. The number of likely N-dealkylation sites (tertiary alicyclic amines) is 1. The second-order valence-corrected chi connectivity index (χ2v) is 10.8. The minimum Gasteiger partial charge on any atom is -0.392 e. The molecule has 1 saturated carbocycles. The zero-order valence-corrected chi connectivity index (χ0v) is 19.5. The summed E-state index contributed by atoms with van der Waals surface area (Å²) in [5.41, 5.74) is 4.41. The summed E-state index contributed by atoms with van der Waals surface area (Å²) in [7, 11) is 0. The van der Waals surface area contributed by atoms with Gasteiger partial charge in [0.05, 0.1) is 6.10 Å². The fourth-order valence-corrected chi connectivity index (χ4v) is 6.66. The highest BCUT2D eigenvalue weighted by Gasteiger charge is 2.43. The lowest BCUT2D eigenvalue weighted by Gasteiger charge is -2.18. The van der Waals surface area contributed by atoms with Gasteiger partial charge in [-0.05, 0) is 88.1 Å². The van der Waals surface area contributed by atoms with Crippen LogP contribution in [0.25, 0.3) is 0 Å². The largest absolute Gasteiger partial charge is 0.392 e. The van der Waals surface area contributed by atoms with Crippen molar-refractivity contribution in [2.45, 2.75) is 58.0 Å². The lowest BCUT2D eigenvalue weighted by atomic mass is 9.89. The van der Waals surface area contributed by atoms with E-state index < -0.39 is 0 Å². The molecule has 0 amide bonds. The van der Waals surface area contributed by atoms with Crippen LogP contribution in [-0.4, -0.2) is 47.3 Å². The van der Waals surface area contributed by atoms with Crippen LogP contribution in [-0.2, 0) is 6.42 Å². The third kappa shape index (κ3) is 6.02. The van der Waals surface area contributed by atoms with E-state index in [9.17, 15) is 5.11 Å². The first-order valence-electron chi connectivity index (χ1n) is 12.1. The number of fused-ring (bicyclic) bond motifs is 1. The molecule has 3 aliphatic rings. The molecule has 2 fully saturated rings. The molecule has 3 heteroatoms. The summed E-state index contributed by atoms with van der Waals surface area (Å²) < 4.78 is 0. The molecular weight excluding hydrogens is 386 g/mol. The van der Waals surface area contributed by atoms with Crippen LogP contribution in [0.15, 0.2) is 48.1 Å². The first-order valence-corrected chi connectivity index (χ1v) is 13.2. The van der Waals surface area contributed by atoms with Gasteiger partial charge in [0.15, 0.2) is 0 Å². The molecule has 164 valence electrons. The summed E-state index contributed by atoms with van der Waals surface area (Å²) in [6.07, 6.45) is 15.4. The van der Waals surface area contributed by atoms with Gasteiger partial charge in [0.1, 0.15) is 0 Å². The molecule has 0 radical (unpaired) electrons. The van der Waals surface area contributed by atoms with Crippen molar-refractivity contribution in [2.75, 3.05) is 31.1 Å². The molecule has 1 N–H and O–H groups in total. The van der Waals surface area contributed by atoms with Crippen molar-refractivity contribution in [1.82, 2.24) is 4.90 Å². The quantitative estimate of drug-likeness (QED) is 0.387. The molecule has 0 spiro atoms. The van der Waals surface area contributed by atoms with E-state index in [2.05, 4.69) is 66.1 Å². The fraction of sp³-hybridized carbons (Fsp3) is 0.630. The van der Waals surface area contributed by atoms with E-state index in [0.29, 0.717) is 17.8 Å². The number of aryl methyl sites for hydroxylation is 2. The highest BCUT2D eigenvalue weighted by atomic mass is 32.2. The minimum atomic E-state index is -0.150. The lowest BCUT2D eigenvalue weighted by Crippen LogP contribution is -2.22. The van der Waals surface area contributed by atoms with Crippen LogP contribution < -0.4 is 0 Å². The average Bonchev–Trinajstić information content (AvgIpc) is 3.43. The normalized spacial score (nSPS) is 29.1. The Morgan fingerprint density at radius 1 is 1.17 bits per heavy atom. The second-order valence-electron chi connectivity index (χ2n) is 9.60. The third-order valence-electron chi connectivity index (χ3n) is 7.31. The summed E-state index contributed by atoms with van der Waals surface area (Å²) in [6, 6.07) is 8.81. The number of thioether (sulfide) groups is 1. The van der Waals surface area contributed by atoms with Crippen LogP contribution in [0.1, 0.15) is 49.7 Å². The monoisotopic (exact) mass is 425 g/mol. The molecule has 1 aromatic rings. The number of allylic oxidation sites excluding steroid dienone is 3. The molecule has 4 atom stereocenters. The van der Waals surface area contributed by atoms with Gasteiger partial charge in [0, 0.05) is 18.2 Å². The highest BCUT2D eigenvalue weighted by Crippen LogP contribution is 2.48. The first-order chi connectivity index (χ1) is 14.7. The van der Waals surface area contributed by atoms with Crippen molar-refractivity contribution >= 4 is 11.8 Å². The Labute approximate surface area is 187 Å². The maximum atomic E-state index is 10.6. The fourth-order valence-electron chi connectivity index (χ4n) is 5.67. The molecule has 1 aliphatic heterocycles. The van der Waals surface area contributed by atoms with E-state index in [-0.39, 0.29) is 6.10 Å². The molecule has 2 nitrogen and oxygen atoms in total. The van der Waals surface area contributed by atoms with Crippen LogP contribution >= 0.6 is 11.8 Å². The Bertz CT molecular complexity index is 736. The Balaban J connectivity index is 1.17. The summed E-state index contributed by atoms with van der Waals surface area (Å²) in [5, 5.41) is 10.6. The Morgan fingerprint density at radius 3 is 2.87 bits per heavy atom. The van der Waals surface area contributed by atoms with Crippen molar-refractivity contribution in [1.29, 1.82) is 0 Å². The van der Waals surface area contributed by atoms with Gasteiger partial charge in [0.25, 0.3) is 0 Å². The number of hydrogen-bond acceptors (Lipinski definition) is 3. The van der Waals surface area contributed by atoms with Crippen molar-refractivity contribution in [3.8, 4) is 0 Å². The molecule has 1 heterocycles. The van der Waals surface area contributed by atoms with Gasteiger partial charge in [-0.1, -0.05) is 53.6 Å². The first kappa shape index (κ1) is 22.2. The Hall–Kier alpha value is -1.03. The van der Waals surface area contributed by atoms with Crippen LogP contribution in [0.2, 0.25) is 0 Å². The predicted molar refractivity (Wildman–Crippen MR) is 130 cm³/mol. The van der Waals surface area contributed by atoms with Crippen molar-refractivity contribution in [3.63, 3.8) is 0 Å². The summed E-state index contributed by atoms with van der Waals surface area (Å²) in [5.74, 6) is 4.14. The third-order valence-corrected chi connectivity index (χ3v) is 8.27. The van der Waals surface area contributed by atoms with E-state index in [1.807, 2.05) is 0 Å². The standard InChI is InChI=1S/C27H39NOS/c1-21-7-6-9-22(17-21)8-2-3-10-25-26-19-23(18-24(26)20-27(25)29)11-15-30-16-14-28-12-4-5-13-28/h3,6-7,9-10,17-18,24-27,29H,2,4-5,8,11-16,19-20H2,1H3/b10-3+/t24-,25+,26-,27+/m0/s1. The zero-order chi connectivity index (χ0) is 20.8. The second kappa shape index (κ2) is 11.0. The van der Waals surface area contributed by atoms with E-state index in [1.165, 1.54) is 68.0 Å². The van der Waals surface area contributed by atoms with Gasteiger partial charge in [-0.15, -0.1) is 0 Å². The summed E-state index contributed by atoms with van der Waals surface area (Å²) >= 11 is 2.13. The SMILES string of the molecule is Cc1cccc(CC/C=C/[C@@H]2[C@H]3CC(CCSCCN4CCCC4)=C[C@H]3C[C@H]2O)c1. The number of rotatable bonds is 10. The van der Waals surface area contributed by atoms with Gasteiger partial charge < -0.3 is 10.0 Å². The minimum absolute atomic E-state index is 0.150. The molecular formula is C27H39NOS. The van der Waals surface area contributed by atoms with Crippen LogP contribution in [0, 0.1) is 24.7 Å². The van der Waals surface area contributed by atoms with Crippen molar-refractivity contribution < 1.29 is 5.11 Å². The lowest BCUT2D eigenvalue weighted by molar-refractivity contribution is 0.141. The van der Waals surface area contributed by atoms with Crippen LogP contribution in [0.3, 0.4) is 0 Å². The van der Waals surface area contributed by atoms with Gasteiger partial charge in [-0.25, -0.2) is 0 Å². The zero-order valence-electron chi connectivity index (χ0n) is 18.6. The van der Waals surface area contributed by atoms with Crippen molar-refractivity contribution in [3.05, 3.63) is 59.2 Å². The summed E-state index contributed by atoms with van der Waals surface area (Å²) in [6.45, 7) is 6.07. The van der Waals surface area contributed by atoms with E-state index in [0.717, 1.165) is 19.3 Å². The molecule has 4 rings (SSSR count). The van der Waals surface area contributed by atoms with E-state index >= 15 is 0 Å². The molecule has 2 aliphatic carbocycles. The average molecular weight is 426 g/mol. The van der Waals surface area contributed by atoms with Gasteiger partial charge in [0.2, 0.25) is 0 Å². The number of hydrogen-bond donors (Lipinski definition) is 1. The molecule has 30 heavy (non-hydrogen) atoms. The van der Waals surface area contributed by atoms with E-state index in [1.54, 1.807) is 5.57 Å².